The van der Waals surface area contributed by atoms with Crippen molar-refractivity contribution in [3.05, 3.63) is 53.1 Å². The average molecular weight is 424 g/mol. The van der Waals surface area contributed by atoms with Gasteiger partial charge in [0.25, 0.3) is 0 Å². The van der Waals surface area contributed by atoms with Crippen LogP contribution in [-0.4, -0.2) is 5.16 Å². The normalized spacial score (nSPS) is 18.3. The summed E-state index contributed by atoms with van der Waals surface area (Å²) in [5.41, 5.74) is 2.10. The monoisotopic (exact) mass is 423 g/mol. The molecule has 0 aromatic heterocycles. The standard InChI is InChI=1S/C26H27F2NS/c1-3-4-5-19-6-8-20(9-7-19)10-11-21-12-14-22(15-13-21)23-16-24(27)26(29-17-30)25(28)18(23)2/h12-16,19-20H,3-9H2,1-2H3. The van der Waals surface area contributed by atoms with Crippen LogP contribution in [0.3, 0.4) is 0 Å². The van der Waals surface area contributed by atoms with E-state index in [0.29, 0.717) is 17.0 Å². The molecule has 0 heterocycles. The zero-order valence-corrected chi connectivity index (χ0v) is 18.4. The lowest BCUT2D eigenvalue weighted by Crippen LogP contribution is -2.13. The Morgan fingerprint density at radius 3 is 2.43 bits per heavy atom. The number of hydrogen-bond acceptors (Lipinski definition) is 2. The lowest BCUT2D eigenvalue weighted by molar-refractivity contribution is 0.296. The van der Waals surface area contributed by atoms with Crippen LogP contribution in [-0.2, 0) is 0 Å². The fourth-order valence-corrected chi connectivity index (χ4v) is 4.25. The van der Waals surface area contributed by atoms with E-state index in [1.807, 2.05) is 29.4 Å². The highest BCUT2D eigenvalue weighted by atomic mass is 32.1. The topological polar surface area (TPSA) is 12.4 Å². The third-order valence-electron chi connectivity index (χ3n) is 6.03. The predicted octanol–water partition coefficient (Wildman–Crippen LogP) is 8.02. The minimum atomic E-state index is -0.746. The second-order valence-electron chi connectivity index (χ2n) is 8.10. The highest BCUT2D eigenvalue weighted by molar-refractivity contribution is 7.78. The number of hydrogen-bond donors (Lipinski definition) is 0. The first-order chi connectivity index (χ1) is 14.5. The van der Waals surface area contributed by atoms with Crippen LogP contribution in [0.1, 0.15) is 63.0 Å². The number of rotatable bonds is 5. The van der Waals surface area contributed by atoms with Crippen molar-refractivity contribution in [3.63, 3.8) is 0 Å². The van der Waals surface area contributed by atoms with E-state index in [9.17, 15) is 8.78 Å². The number of halogens is 2. The number of thiocarbonyl (C=S) groups is 1. The van der Waals surface area contributed by atoms with Crippen molar-refractivity contribution in [2.24, 2.45) is 16.8 Å². The van der Waals surface area contributed by atoms with Crippen molar-refractivity contribution in [2.45, 2.75) is 58.8 Å². The van der Waals surface area contributed by atoms with Crippen LogP contribution >= 0.6 is 12.2 Å². The highest BCUT2D eigenvalue weighted by Crippen LogP contribution is 2.34. The van der Waals surface area contributed by atoms with Crippen molar-refractivity contribution in [1.29, 1.82) is 0 Å². The van der Waals surface area contributed by atoms with Gasteiger partial charge in [-0.25, -0.2) is 8.78 Å². The maximum absolute atomic E-state index is 14.5. The van der Waals surface area contributed by atoms with Crippen LogP contribution < -0.4 is 0 Å². The van der Waals surface area contributed by atoms with Crippen molar-refractivity contribution < 1.29 is 8.78 Å². The molecule has 4 heteroatoms. The van der Waals surface area contributed by atoms with Gasteiger partial charge >= 0.3 is 0 Å². The fraction of sp³-hybridized carbons (Fsp3) is 0.423. The number of isothiocyanates is 1. The van der Waals surface area contributed by atoms with Gasteiger partial charge < -0.3 is 0 Å². The molecule has 2 aromatic rings. The van der Waals surface area contributed by atoms with E-state index in [1.165, 1.54) is 51.0 Å². The molecule has 2 aromatic carbocycles. The predicted molar refractivity (Wildman–Crippen MR) is 123 cm³/mol. The summed E-state index contributed by atoms with van der Waals surface area (Å²) < 4.78 is 28.7. The molecule has 0 bridgehead atoms. The zero-order chi connectivity index (χ0) is 21.5. The maximum atomic E-state index is 14.5. The van der Waals surface area contributed by atoms with E-state index in [0.717, 1.165) is 17.0 Å². The molecule has 0 aliphatic heterocycles. The van der Waals surface area contributed by atoms with Gasteiger partial charge in [-0.2, -0.15) is 4.99 Å². The smallest absolute Gasteiger partial charge is 0.156 e. The van der Waals surface area contributed by atoms with Gasteiger partial charge in [-0.1, -0.05) is 50.2 Å². The molecule has 1 aliphatic rings. The van der Waals surface area contributed by atoms with E-state index in [1.54, 1.807) is 6.92 Å². The van der Waals surface area contributed by atoms with Gasteiger partial charge in [0.2, 0.25) is 0 Å². The fourth-order valence-electron chi connectivity index (χ4n) is 4.16. The summed E-state index contributed by atoms with van der Waals surface area (Å²) in [6, 6.07) is 8.83. The maximum Gasteiger partial charge on any atom is 0.156 e. The Hall–Kier alpha value is -2.34. The quantitative estimate of drug-likeness (QED) is 0.269. The highest BCUT2D eigenvalue weighted by Gasteiger charge is 2.19. The van der Waals surface area contributed by atoms with Crippen LogP contribution in [0.4, 0.5) is 14.5 Å². The SMILES string of the molecule is CCCCC1CCC(C#Cc2ccc(-c3cc(F)c(N=C=S)c(F)c3C)cc2)CC1. The second-order valence-corrected chi connectivity index (χ2v) is 8.29. The van der Waals surface area contributed by atoms with Gasteiger partial charge in [-0.15, -0.1) is 0 Å². The Bertz CT molecular complexity index is 986. The summed E-state index contributed by atoms with van der Waals surface area (Å²) in [4.78, 5) is 3.50. The lowest BCUT2D eigenvalue weighted by atomic mass is 9.80. The number of nitrogens with zero attached hydrogens (tertiary/aromatic N) is 1. The largest absolute Gasteiger partial charge is 0.204 e. The first-order valence-electron chi connectivity index (χ1n) is 10.7. The molecule has 1 fully saturated rings. The Balaban J connectivity index is 1.70. The molecule has 1 nitrogen and oxygen atoms in total. The molecule has 1 saturated carbocycles. The lowest BCUT2D eigenvalue weighted by Gasteiger charge is -2.25. The van der Waals surface area contributed by atoms with Crippen molar-refractivity contribution >= 4 is 23.1 Å². The minimum Gasteiger partial charge on any atom is -0.204 e. The van der Waals surface area contributed by atoms with Crippen LogP contribution in [0.25, 0.3) is 11.1 Å². The molecule has 0 saturated heterocycles. The van der Waals surface area contributed by atoms with Crippen LogP contribution in [0.5, 0.6) is 0 Å². The van der Waals surface area contributed by atoms with E-state index >= 15 is 0 Å². The molecular formula is C26H27F2NS. The third-order valence-corrected chi connectivity index (χ3v) is 6.12. The Kier molecular flexibility index (Phi) is 7.91. The Morgan fingerprint density at radius 1 is 1.10 bits per heavy atom. The Morgan fingerprint density at radius 2 is 1.80 bits per heavy atom. The zero-order valence-electron chi connectivity index (χ0n) is 17.6. The first kappa shape index (κ1) is 22.3. The average Bonchev–Trinajstić information content (AvgIpc) is 2.77. The molecule has 0 spiro atoms. The van der Waals surface area contributed by atoms with Crippen molar-refractivity contribution in [3.8, 4) is 23.0 Å². The van der Waals surface area contributed by atoms with Crippen LogP contribution in [0.15, 0.2) is 35.3 Å². The number of benzene rings is 2. The Labute approximate surface area is 183 Å². The van der Waals surface area contributed by atoms with Gasteiger partial charge in [-0.3, -0.25) is 0 Å². The molecule has 0 radical (unpaired) electrons. The van der Waals surface area contributed by atoms with Gasteiger partial charge in [-0.05, 0) is 85.6 Å². The summed E-state index contributed by atoms with van der Waals surface area (Å²) >= 11 is 4.47. The third kappa shape index (κ3) is 5.42. The summed E-state index contributed by atoms with van der Waals surface area (Å²) in [6.45, 7) is 3.86. The molecule has 0 N–H and O–H groups in total. The van der Waals surface area contributed by atoms with Gasteiger partial charge in [0.15, 0.2) is 11.6 Å². The minimum absolute atomic E-state index is 0.332. The van der Waals surface area contributed by atoms with Gasteiger partial charge in [0.05, 0.1) is 5.16 Å². The van der Waals surface area contributed by atoms with E-state index in [4.69, 9.17) is 0 Å². The van der Waals surface area contributed by atoms with Gasteiger partial charge in [0, 0.05) is 11.5 Å². The molecule has 0 unspecified atom stereocenters. The van der Waals surface area contributed by atoms with Crippen molar-refractivity contribution in [1.82, 2.24) is 0 Å². The summed E-state index contributed by atoms with van der Waals surface area (Å²) in [6.07, 6.45) is 8.93. The molecule has 30 heavy (non-hydrogen) atoms. The van der Waals surface area contributed by atoms with Gasteiger partial charge in [0.1, 0.15) is 5.69 Å². The molecule has 156 valence electrons. The van der Waals surface area contributed by atoms with Crippen molar-refractivity contribution in [2.75, 3.05) is 0 Å². The number of unbranched alkanes of at least 4 members (excludes halogenated alkanes) is 1. The summed E-state index contributed by atoms with van der Waals surface area (Å²) in [7, 11) is 0. The molecule has 0 atom stereocenters. The molecule has 3 rings (SSSR count). The van der Waals surface area contributed by atoms with E-state index < -0.39 is 17.3 Å². The van der Waals surface area contributed by atoms with E-state index in [2.05, 4.69) is 36.0 Å². The first-order valence-corrected chi connectivity index (χ1v) is 11.1. The molecular weight excluding hydrogens is 396 g/mol. The summed E-state index contributed by atoms with van der Waals surface area (Å²) in [5.74, 6) is 6.61. The second kappa shape index (κ2) is 10.6. The molecule has 1 aliphatic carbocycles. The summed E-state index contributed by atoms with van der Waals surface area (Å²) in [5, 5.41) is 2.02. The van der Waals surface area contributed by atoms with E-state index in [-0.39, 0.29) is 0 Å². The number of aliphatic imine (C=N–C) groups is 1. The van der Waals surface area contributed by atoms with Crippen LogP contribution in [0.2, 0.25) is 0 Å². The van der Waals surface area contributed by atoms with Crippen LogP contribution in [0, 0.1) is 42.2 Å². The molecule has 0 amide bonds.